The number of benzene rings is 2. The van der Waals surface area contributed by atoms with Crippen molar-refractivity contribution < 1.29 is 4.79 Å². The average Bonchev–Trinajstić information content (AvgIpc) is 2.89. The molecule has 0 saturated carbocycles. The highest BCUT2D eigenvalue weighted by Crippen LogP contribution is 2.22. The predicted octanol–water partition coefficient (Wildman–Crippen LogP) is 3.73. The minimum Gasteiger partial charge on any atom is -0.359 e. The maximum Gasteiger partial charge on any atom is 0.255 e. The van der Waals surface area contributed by atoms with Gasteiger partial charge in [-0.2, -0.15) is 0 Å². The van der Waals surface area contributed by atoms with E-state index in [1.165, 1.54) is 0 Å². The first kappa shape index (κ1) is 11.5. The molecule has 1 amide bonds. The van der Waals surface area contributed by atoms with Crippen molar-refractivity contribution in [1.82, 2.24) is 4.98 Å². The maximum atomic E-state index is 12.2. The van der Waals surface area contributed by atoms with E-state index in [4.69, 9.17) is 0 Å². The molecule has 94 valence electrons. The smallest absolute Gasteiger partial charge is 0.255 e. The number of carbonyl (C=O) groups is 1. The normalized spacial score (nSPS) is 10.6. The second-order valence-corrected chi connectivity index (χ2v) is 4.57. The molecule has 0 radical (unpaired) electrons. The van der Waals surface area contributed by atoms with Gasteiger partial charge in [-0.15, -0.1) is 0 Å². The molecule has 0 aliphatic carbocycles. The standard InChI is InChI=1S/C16H14N2O/c1-11-5-7-13(8-6-11)16(19)18-14-4-2-3-12-9-10-17-15(12)14/h2-10,17H,1H3,(H,18,19). The summed E-state index contributed by atoms with van der Waals surface area (Å²) in [6, 6.07) is 15.4. The van der Waals surface area contributed by atoms with Gasteiger partial charge >= 0.3 is 0 Å². The average molecular weight is 250 g/mol. The Morgan fingerprint density at radius 2 is 1.84 bits per heavy atom. The lowest BCUT2D eigenvalue weighted by Crippen LogP contribution is -2.12. The lowest BCUT2D eigenvalue weighted by atomic mass is 10.1. The van der Waals surface area contributed by atoms with E-state index < -0.39 is 0 Å². The zero-order chi connectivity index (χ0) is 13.2. The minimum absolute atomic E-state index is 0.0953. The largest absolute Gasteiger partial charge is 0.359 e. The molecule has 0 fully saturated rings. The number of hydrogen-bond acceptors (Lipinski definition) is 1. The third-order valence-corrected chi connectivity index (χ3v) is 3.15. The molecule has 0 aliphatic heterocycles. The lowest BCUT2D eigenvalue weighted by molar-refractivity contribution is 0.102. The van der Waals surface area contributed by atoms with E-state index in [9.17, 15) is 4.79 Å². The van der Waals surface area contributed by atoms with Gasteiger partial charge in [-0.25, -0.2) is 0 Å². The fourth-order valence-electron chi connectivity index (χ4n) is 2.09. The van der Waals surface area contributed by atoms with Gasteiger partial charge < -0.3 is 10.3 Å². The second-order valence-electron chi connectivity index (χ2n) is 4.57. The summed E-state index contributed by atoms with van der Waals surface area (Å²) < 4.78 is 0. The van der Waals surface area contributed by atoms with Crippen LogP contribution in [0, 0.1) is 6.92 Å². The van der Waals surface area contributed by atoms with Crippen LogP contribution in [0.15, 0.2) is 54.7 Å². The van der Waals surface area contributed by atoms with Crippen molar-refractivity contribution >= 4 is 22.5 Å². The first-order valence-electron chi connectivity index (χ1n) is 6.18. The summed E-state index contributed by atoms with van der Waals surface area (Å²) in [5.41, 5.74) is 3.55. The number of aromatic amines is 1. The molecule has 1 aromatic heterocycles. The number of H-pyrrole nitrogens is 1. The van der Waals surface area contributed by atoms with E-state index in [0.717, 1.165) is 22.2 Å². The summed E-state index contributed by atoms with van der Waals surface area (Å²) >= 11 is 0. The number of aryl methyl sites for hydroxylation is 1. The summed E-state index contributed by atoms with van der Waals surface area (Å²) in [5, 5.41) is 4.02. The Morgan fingerprint density at radius 3 is 2.63 bits per heavy atom. The van der Waals surface area contributed by atoms with Gasteiger partial charge in [-0.05, 0) is 31.2 Å². The van der Waals surface area contributed by atoms with Crippen LogP contribution in [0.1, 0.15) is 15.9 Å². The lowest BCUT2D eigenvalue weighted by Gasteiger charge is -2.06. The van der Waals surface area contributed by atoms with Crippen LogP contribution in [0.25, 0.3) is 10.9 Å². The number of fused-ring (bicyclic) bond motifs is 1. The molecule has 3 aromatic rings. The van der Waals surface area contributed by atoms with Crippen LogP contribution in [0.3, 0.4) is 0 Å². The van der Waals surface area contributed by atoms with Gasteiger partial charge in [0.15, 0.2) is 0 Å². The van der Waals surface area contributed by atoms with Crippen molar-refractivity contribution in [2.24, 2.45) is 0 Å². The summed E-state index contributed by atoms with van der Waals surface area (Å²) in [7, 11) is 0. The van der Waals surface area contributed by atoms with Crippen molar-refractivity contribution in [2.45, 2.75) is 6.92 Å². The fraction of sp³-hybridized carbons (Fsp3) is 0.0625. The van der Waals surface area contributed by atoms with Crippen molar-refractivity contribution in [3.05, 3.63) is 65.9 Å². The monoisotopic (exact) mass is 250 g/mol. The van der Waals surface area contributed by atoms with Gasteiger partial charge in [0, 0.05) is 17.1 Å². The topological polar surface area (TPSA) is 44.9 Å². The predicted molar refractivity (Wildman–Crippen MR) is 77.4 cm³/mol. The Morgan fingerprint density at radius 1 is 1.05 bits per heavy atom. The maximum absolute atomic E-state index is 12.2. The molecule has 0 spiro atoms. The van der Waals surface area contributed by atoms with Crippen LogP contribution < -0.4 is 5.32 Å². The zero-order valence-corrected chi connectivity index (χ0v) is 10.6. The molecule has 0 saturated heterocycles. The summed E-state index contributed by atoms with van der Waals surface area (Å²) in [6.07, 6.45) is 1.87. The van der Waals surface area contributed by atoms with E-state index in [2.05, 4.69) is 10.3 Å². The zero-order valence-electron chi connectivity index (χ0n) is 10.6. The number of nitrogens with one attached hydrogen (secondary N) is 2. The van der Waals surface area contributed by atoms with Gasteiger partial charge in [-0.1, -0.05) is 29.8 Å². The Labute approximate surface area is 111 Å². The van der Waals surface area contributed by atoms with E-state index in [1.807, 2.05) is 61.7 Å². The Kier molecular flexibility index (Phi) is 2.80. The highest BCUT2D eigenvalue weighted by molar-refractivity contribution is 6.08. The summed E-state index contributed by atoms with van der Waals surface area (Å²) in [6.45, 7) is 2.00. The van der Waals surface area contributed by atoms with Gasteiger partial charge in [0.1, 0.15) is 0 Å². The Hall–Kier alpha value is -2.55. The number of hydrogen-bond donors (Lipinski definition) is 2. The van der Waals surface area contributed by atoms with Crippen molar-refractivity contribution in [2.75, 3.05) is 5.32 Å². The molecule has 1 heterocycles. The van der Waals surface area contributed by atoms with E-state index in [0.29, 0.717) is 5.56 Å². The number of para-hydroxylation sites is 1. The van der Waals surface area contributed by atoms with Crippen molar-refractivity contribution in [1.29, 1.82) is 0 Å². The third-order valence-electron chi connectivity index (χ3n) is 3.15. The van der Waals surface area contributed by atoms with Crippen LogP contribution in [-0.2, 0) is 0 Å². The quantitative estimate of drug-likeness (QED) is 0.715. The van der Waals surface area contributed by atoms with E-state index in [1.54, 1.807) is 0 Å². The van der Waals surface area contributed by atoms with Gasteiger partial charge in [-0.3, -0.25) is 4.79 Å². The minimum atomic E-state index is -0.0953. The summed E-state index contributed by atoms with van der Waals surface area (Å²) in [4.78, 5) is 15.3. The molecule has 2 N–H and O–H groups in total. The number of carbonyl (C=O) groups excluding carboxylic acids is 1. The highest BCUT2D eigenvalue weighted by Gasteiger charge is 2.08. The number of aromatic nitrogens is 1. The molecule has 0 unspecified atom stereocenters. The molecule has 2 aromatic carbocycles. The SMILES string of the molecule is Cc1ccc(C(=O)Nc2cccc3cc[nH]c23)cc1. The number of anilines is 1. The van der Waals surface area contributed by atoms with Crippen molar-refractivity contribution in [3.63, 3.8) is 0 Å². The molecule has 0 aliphatic rings. The van der Waals surface area contributed by atoms with Gasteiger partial charge in [0.25, 0.3) is 5.91 Å². The van der Waals surface area contributed by atoms with Gasteiger partial charge in [0.2, 0.25) is 0 Å². The number of amides is 1. The van der Waals surface area contributed by atoms with Crippen LogP contribution in [-0.4, -0.2) is 10.9 Å². The molecular formula is C16H14N2O. The van der Waals surface area contributed by atoms with E-state index in [-0.39, 0.29) is 5.91 Å². The van der Waals surface area contributed by atoms with Crippen LogP contribution in [0.2, 0.25) is 0 Å². The first-order chi connectivity index (χ1) is 9.24. The van der Waals surface area contributed by atoms with Gasteiger partial charge in [0.05, 0.1) is 11.2 Å². The molecule has 0 atom stereocenters. The molecule has 3 heteroatoms. The van der Waals surface area contributed by atoms with Crippen LogP contribution >= 0.6 is 0 Å². The van der Waals surface area contributed by atoms with Crippen LogP contribution in [0.5, 0.6) is 0 Å². The first-order valence-corrected chi connectivity index (χ1v) is 6.18. The van der Waals surface area contributed by atoms with Crippen molar-refractivity contribution in [3.8, 4) is 0 Å². The molecule has 19 heavy (non-hydrogen) atoms. The van der Waals surface area contributed by atoms with E-state index >= 15 is 0 Å². The molecular weight excluding hydrogens is 236 g/mol. The second kappa shape index (κ2) is 4.61. The third kappa shape index (κ3) is 2.22. The summed E-state index contributed by atoms with van der Waals surface area (Å²) in [5.74, 6) is -0.0953. The molecule has 3 nitrogen and oxygen atoms in total. The number of rotatable bonds is 2. The Balaban J connectivity index is 1.90. The molecule has 0 bridgehead atoms. The van der Waals surface area contributed by atoms with Crippen LogP contribution in [0.4, 0.5) is 5.69 Å². The highest BCUT2D eigenvalue weighted by atomic mass is 16.1. The fourth-order valence-corrected chi connectivity index (χ4v) is 2.09. The Bertz CT molecular complexity index is 726. The molecule has 3 rings (SSSR count).